The van der Waals surface area contributed by atoms with Gasteiger partial charge in [-0.05, 0) is 24.3 Å². The normalized spacial score (nSPS) is 11.7. The van der Waals surface area contributed by atoms with Crippen LogP contribution in [0.5, 0.6) is 0 Å². The van der Waals surface area contributed by atoms with E-state index in [1.54, 1.807) is 0 Å². The lowest BCUT2D eigenvalue weighted by molar-refractivity contribution is -0.148. The van der Waals surface area contributed by atoms with Crippen molar-refractivity contribution >= 4 is 23.4 Å². The number of aromatic amines is 1. The number of aromatic nitrogens is 2. The van der Waals surface area contributed by atoms with Gasteiger partial charge in [-0.2, -0.15) is 0 Å². The highest BCUT2D eigenvalue weighted by Gasteiger charge is 2.25. The molecule has 1 heterocycles. The van der Waals surface area contributed by atoms with Crippen LogP contribution in [0.15, 0.2) is 39.9 Å². The summed E-state index contributed by atoms with van der Waals surface area (Å²) in [4.78, 5) is 53.9. The number of nitrogens with two attached hydrogens (primary N) is 1. The minimum atomic E-state index is -0.732. The highest BCUT2D eigenvalue weighted by Crippen LogP contribution is 2.20. The zero-order chi connectivity index (χ0) is 25.1. The molecule has 1 unspecified atom stereocenters. The molecule has 1 aromatic carbocycles. The fourth-order valence-electron chi connectivity index (χ4n) is 3.69. The SMILES string of the molecule is CCCCCN(C(=O)COC(=O)CC(C)c1ccccc1)c1c(N)n(CCCC)c(=O)[nH]c1=O. The number of nitrogen functional groups attached to an aromatic ring is 1. The predicted octanol–water partition coefficient (Wildman–Crippen LogP) is 3.18. The first kappa shape index (κ1) is 26.9. The molecule has 34 heavy (non-hydrogen) atoms. The molecule has 2 aromatic rings. The molecule has 3 N–H and O–H groups in total. The molecule has 9 heteroatoms. The third-order valence-corrected chi connectivity index (χ3v) is 5.70. The Balaban J connectivity index is 2.19. The van der Waals surface area contributed by atoms with Crippen LogP contribution in [0.25, 0.3) is 0 Å². The Labute approximate surface area is 199 Å². The molecule has 2 rings (SSSR count). The summed E-state index contributed by atoms with van der Waals surface area (Å²) in [6.45, 7) is 5.95. The van der Waals surface area contributed by atoms with E-state index in [1.807, 2.05) is 51.1 Å². The lowest BCUT2D eigenvalue weighted by Gasteiger charge is -2.24. The van der Waals surface area contributed by atoms with Crippen molar-refractivity contribution < 1.29 is 14.3 Å². The standard InChI is InChI=1S/C25H36N4O5/c1-4-6-11-15-28(22-23(26)29(14-7-5-2)25(33)27-24(22)32)20(30)17-34-21(31)16-18(3)19-12-9-8-10-13-19/h8-10,12-13,18H,4-7,11,14-17,26H2,1-3H3,(H,27,32,33). The first-order valence-corrected chi connectivity index (χ1v) is 11.9. The summed E-state index contributed by atoms with van der Waals surface area (Å²) in [5, 5.41) is 0. The first-order chi connectivity index (χ1) is 16.3. The number of nitrogens with zero attached hydrogens (tertiary/aromatic N) is 2. The van der Waals surface area contributed by atoms with Gasteiger partial charge >= 0.3 is 11.7 Å². The monoisotopic (exact) mass is 472 g/mol. The van der Waals surface area contributed by atoms with Gasteiger partial charge < -0.3 is 15.4 Å². The van der Waals surface area contributed by atoms with Gasteiger partial charge in [0, 0.05) is 13.1 Å². The molecular formula is C25H36N4O5. The topological polar surface area (TPSA) is 127 Å². The number of unbranched alkanes of at least 4 members (excludes halogenated alkanes) is 3. The Morgan fingerprint density at radius 1 is 1.09 bits per heavy atom. The number of anilines is 2. The van der Waals surface area contributed by atoms with Crippen LogP contribution in [0.2, 0.25) is 0 Å². The first-order valence-electron chi connectivity index (χ1n) is 11.9. The Kier molecular flexibility index (Phi) is 10.6. The van der Waals surface area contributed by atoms with Crippen molar-refractivity contribution in [1.82, 2.24) is 9.55 Å². The Morgan fingerprint density at radius 2 is 1.76 bits per heavy atom. The number of nitrogens with one attached hydrogen (secondary N) is 1. The number of H-pyrrole nitrogens is 1. The van der Waals surface area contributed by atoms with Gasteiger partial charge in [-0.15, -0.1) is 0 Å². The molecule has 0 fully saturated rings. The number of carbonyl (C=O) groups excluding carboxylic acids is 2. The maximum atomic E-state index is 13.1. The second-order valence-corrected chi connectivity index (χ2v) is 8.43. The van der Waals surface area contributed by atoms with Crippen LogP contribution in [0.1, 0.15) is 70.8 Å². The molecule has 0 aliphatic rings. The maximum absolute atomic E-state index is 13.1. The van der Waals surface area contributed by atoms with Crippen LogP contribution < -0.4 is 21.9 Å². The molecule has 0 aliphatic carbocycles. The van der Waals surface area contributed by atoms with Crippen LogP contribution in [-0.2, 0) is 20.9 Å². The summed E-state index contributed by atoms with van der Waals surface area (Å²) in [5.41, 5.74) is 5.78. The molecule has 0 saturated heterocycles. The van der Waals surface area contributed by atoms with Gasteiger partial charge in [0.05, 0.1) is 6.42 Å². The molecular weight excluding hydrogens is 436 g/mol. The highest BCUT2D eigenvalue weighted by molar-refractivity contribution is 5.97. The molecule has 9 nitrogen and oxygen atoms in total. The Hall–Kier alpha value is -3.36. The van der Waals surface area contributed by atoms with Crippen molar-refractivity contribution in [1.29, 1.82) is 0 Å². The van der Waals surface area contributed by atoms with Crippen molar-refractivity contribution in [2.24, 2.45) is 0 Å². The molecule has 0 aliphatic heterocycles. The molecule has 1 atom stereocenters. The minimum Gasteiger partial charge on any atom is -0.456 e. The Morgan fingerprint density at radius 3 is 2.41 bits per heavy atom. The fraction of sp³-hybridized carbons (Fsp3) is 0.520. The molecule has 0 spiro atoms. The van der Waals surface area contributed by atoms with Crippen LogP contribution in [-0.4, -0.2) is 34.6 Å². The molecule has 1 aromatic heterocycles. The predicted molar refractivity (Wildman–Crippen MR) is 133 cm³/mol. The van der Waals surface area contributed by atoms with E-state index in [0.717, 1.165) is 24.8 Å². The second-order valence-electron chi connectivity index (χ2n) is 8.43. The lowest BCUT2D eigenvalue weighted by Crippen LogP contribution is -2.43. The molecule has 0 radical (unpaired) electrons. The minimum absolute atomic E-state index is 0.0592. The number of ether oxygens (including phenoxy) is 1. The van der Waals surface area contributed by atoms with E-state index >= 15 is 0 Å². The average Bonchev–Trinajstić information content (AvgIpc) is 2.82. The van der Waals surface area contributed by atoms with E-state index in [1.165, 1.54) is 9.47 Å². The van der Waals surface area contributed by atoms with Gasteiger partial charge in [-0.25, -0.2) is 4.79 Å². The summed E-state index contributed by atoms with van der Waals surface area (Å²) in [5.74, 6) is -1.19. The van der Waals surface area contributed by atoms with Crippen molar-refractivity contribution in [3.05, 3.63) is 56.7 Å². The van der Waals surface area contributed by atoms with Crippen molar-refractivity contribution in [2.45, 2.75) is 71.8 Å². The molecule has 0 bridgehead atoms. The van der Waals surface area contributed by atoms with Gasteiger partial charge in [-0.3, -0.25) is 23.9 Å². The van der Waals surface area contributed by atoms with Crippen LogP contribution >= 0.6 is 0 Å². The lowest BCUT2D eigenvalue weighted by atomic mass is 9.98. The van der Waals surface area contributed by atoms with E-state index in [4.69, 9.17) is 10.5 Å². The number of amides is 1. The second kappa shape index (κ2) is 13.4. The summed E-state index contributed by atoms with van der Waals surface area (Å²) >= 11 is 0. The smallest absolute Gasteiger partial charge is 0.330 e. The summed E-state index contributed by atoms with van der Waals surface area (Å²) in [6, 6.07) is 9.56. The summed E-state index contributed by atoms with van der Waals surface area (Å²) in [7, 11) is 0. The van der Waals surface area contributed by atoms with E-state index in [9.17, 15) is 19.2 Å². The van der Waals surface area contributed by atoms with Gasteiger partial charge in [0.25, 0.3) is 11.5 Å². The van der Waals surface area contributed by atoms with E-state index in [2.05, 4.69) is 4.98 Å². The van der Waals surface area contributed by atoms with Crippen molar-refractivity contribution in [3.8, 4) is 0 Å². The van der Waals surface area contributed by atoms with Gasteiger partial charge in [0.15, 0.2) is 12.3 Å². The van der Waals surface area contributed by atoms with Gasteiger partial charge in [0.2, 0.25) is 0 Å². The third-order valence-electron chi connectivity index (χ3n) is 5.70. The number of hydrogen-bond donors (Lipinski definition) is 2. The quantitative estimate of drug-likeness (QED) is 0.340. The van der Waals surface area contributed by atoms with Crippen molar-refractivity contribution in [2.75, 3.05) is 23.8 Å². The Bertz CT molecular complexity index is 1060. The number of esters is 1. The molecule has 1 amide bonds. The zero-order valence-corrected chi connectivity index (χ0v) is 20.3. The van der Waals surface area contributed by atoms with Crippen LogP contribution in [0.4, 0.5) is 11.5 Å². The van der Waals surface area contributed by atoms with Gasteiger partial charge in [-0.1, -0.05) is 70.4 Å². The number of hydrogen-bond acceptors (Lipinski definition) is 6. The van der Waals surface area contributed by atoms with E-state index in [-0.39, 0.29) is 30.4 Å². The fourth-order valence-corrected chi connectivity index (χ4v) is 3.69. The molecule has 186 valence electrons. The van der Waals surface area contributed by atoms with Gasteiger partial charge in [0.1, 0.15) is 5.82 Å². The molecule has 0 saturated carbocycles. The number of carbonyl (C=O) groups is 2. The summed E-state index contributed by atoms with van der Waals surface area (Å²) < 4.78 is 6.52. The van der Waals surface area contributed by atoms with Crippen molar-refractivity contribution in [3.63, 3.8) is 0 Å². The zero-order valence-electron chi connectivity index (χ0n) is 20.3. The average molecular weight is 473 g/mol. The largest absolute Gasteiger partial charge is 0.456 e. The highest BCUT2D eigenvalue weighted by atomic mass is 16.5. The third kappa shape index (κ3) is 7.33. The number of benzene rings is 1. The summed E-state index contributed by atoms with van der Waals surface area (Å²) in [6.07, 6.45) is 4.03. The maximum Gasteiger partial charge on any atom is 0.330 e. The van der Waals surface area contributed by atoms with Crippen LogP contribution in [0.3, 0.4) is 0 Å². The number of rotatable bonds is 13. The van der Waals surface area contributed by atoms with Crippen LogP contribution in [0, 0.1) is 0 Å². The van der Waals surface area contributed by atoms with E-state index in [0.29, 0.717) is 19.4 Å². The van der Waals surface area contributed by atoms with E-state index < -0.39 is 29.7 Å².